The number of anilines is 2. The van der Waals surface area contributed by atoms with Crippen LogP contribution in [0.25, 0.3) is 21.8 Å². The Morgan fingerprint density at radius 1 is 0.756 bits per heavy atom. The number of rotatable bonds is 7. The molecule has 0 bridgehead atoms. The highest BCUT2D eigenvalue weighted by atomic mass is 28.3. The van der Waals surface area contributed by atoms with Gasteiger partial charge in [0.2, 0.25) is 0 Å². The first-order valence-corrected chi connectivity index (χ1v) is 18.9. The molecule has 4 heteroatoms. The number of hydrogen-bond donors (Lipinski definition) is 1. The van der Waals surface area contributed by atoms with Crippen LogP contribution in [0.3, 0.4) is 0 Å². The van der Waals surface area contributed by atoms with Gasteiger partial charge in [-0.3, -0.25) is 0 Å². The Hall–Kier alpha value is -3.50. The Balaban J connectivity index is 1.51. The summed E-state index contributed by atoms with van der Waals surface area (Å²) >= 11 is 0. The van der Waals surface area contributed by atoms with E-state index >= 15 is 0 Å². The van der Waals surface area contributed by atoms with Crippen LogP contribution in [0.5, 0.6) is 0 Å². The first-order chi connectivity index (χ1) is 19.6. The summed E-state index contributed by atoms with van der Waals surface area (Å²) < 4.78 is 2.48. The normalized spacial score (nSPS) is 15.4. The molecule has 6 rings (SSSR count). The summed E-state index contributed by atoms with van der Waals surface area (Å²) in [6.45, 7) is 20.7. The molecule has 0 fully saturated rings. The fraction of sp³-hybridized carbons (Fsp3) is 0.351. The largest absolute Gasteiger partial charge is 0.360 e. The molecular formula is C37H45N3Si. The zero-order valence-corrected chi connectivity index (χ0v) is 27.0. The summed E-state index contributed by atoms with van der Waals surface area (Å²) in [5, 5.41) is 8.18. The first-order valence-electron chi connectivity index (χ1n) is 15.4. The van der Waals surface area contributed by atoms with Gasteiger partial charge in [0.1, 0.15) is 6.17 Å². The van der Waals surface area contributed by atoms with Crippen LogP contribution in [0.15, 0.2) is 78.9 Å². The molecule has 0 saturated heterocycles. The predicted molar refractivity (Wildman–Crippen MR) is 182 cm³/mol. The minimum absolute atomic E-state index is 0.0669. The average molecular weight is 560 g/mol. The number of para-hydroxylation sites is 2. The Morgan fingerprint density at radius 3 is 2.02 bits per heavy atom. The molecule has 0 radical (unpaired) electrons. The lowest BCUT2D eigenvalue weighted by Crippen LogP contribution is -2.37. The molecular weight excluding hydrogens is 515 g/mol. The number of aromatic nitrogens is 1. The number of fused-ring (bicyclic) bond motifs is 4. The zero-order valence-electron chi connectivity index (χ0n) is 26.0. The van der Waals surface area contributed by atoms with Gasteiger partial charge < -0.3 is 14.8 Å². The molecule has 5 aromatic rings. The van der Waals surface area contributed by atoms with Gasteiger partial charge >= 0.3 is 0 Å². The van der Waals surface area contributed by atoms with Crippen molar-refractivity contribution in [3.05, 3.63) is 101 Å². The van der Waals surface area contributed by atoms with E-state index in [9.17, 15) is 0 Å². The quantitative estimate of drug-likeness (QED) is 0.200. The van der Waals surface area contributed by atoms with Gasteiger partial charge in [0.15, 0.2) is 0 Å². The number of hydrogen-bond acceptors (Lipinski definition) is 2. The van der Waals surface area contributed by atoms with Crippen molar-refractivity contribution in [2.75, 3.05) is 10.2 Å². The molecule has 2 heterocycles. The van der Waals surface area contributed by atoms with Crippen LogP contribution in [-0.4, -0.2) is 12.6 Å². The monoisotopic (exact) mass is 559 g/mol. The van der Waals surface area contributed by atoms with Crippen LogP contribution in [-0.2, 0) is 13.1 Å². The van der Waals surface area contributed by atoms with Crippen LogP contribution in [0.2, 0.25) is 19.6 Å². The SMILES string of the molecule is CCn1c2ccc(C3Nc4ccccc4N3Cc3c(C(C)C)cccc3C(C)C)cc2c2cc([Si](C)(C)C)ccc21. The van der Waals surface area contributed by atoms with Crippen molar-refractivity contribution in [1.29, 1.82) is 0 Å². The smallest absolute Gasteiger partial charge is 0.126 e. The van der Waals surface area contributed by atoms with Gasteiger partial charge in [-0.1, -0.05) is 101 Å². The van der Waals surface area contributed by atoms with Gasteiger partial charge in [-0.05, 0) is 71.3 Å². The van der Waals surface area contributed by atoms with Crippen molar-refractivity contribution in [2.24, 2.45) is 0 Å². The van der Waals surface area contributed by atoms with Crippen LogP contribution in [0.1, 0.15) is 74.9 Å². The number of nitrogens with zero attached hydrogens (tertiary/aromatic N) is 2. The van der Waals surface area contributed by atoms with Crippen LogP contribution in [0, 0.1) is 0 Å². The van der Waals surface area contributed by atoms with E-state index in [-0.39, 0.29) is 6.17 Å². The third-order valence-corrected chi connectivity index (χ3v) is 11.1. The second kappa shape index (κ2) is 10.4. The van der Waals surface area contributed by atoms with Gasteiger partial charge in [0, 0.05) is 34.9 Å². The molecule has 0 amide bonds. The number of nitrogens with one attached hydrogen (secondary N) is 1. The summed E-state index contributed by atoms with van der Waals surface area (Å²) in [6, 6.07) is 30.1. The summed E-state index contributed by atoms with van der Waals surface area (Å²) in [6.07, 6.45) is 0.0669. The summed E-state index contributed by atoms with van der Waals surface area (Å²) in [4.78, 5) is 2.59. The molecule has 1 atom stereocenters. The fourth-order valence-corrected chi connectivity index (χ4v) is 7.97. The minimum atomic E-state index is -1.43. The second-order valence-corrected chi connectivity index (χ2v) is 18.5. The van der Waals surface area contributed by atoms with E-state index in [2.05, 4.69) is 148 Å². The fourth-order valence-electron chi connectivity index (χ4n) is 6.81. The summed E-state index contributed by atoms with van der Waals surface area (Å²) in [7, 11) is -1.43. The molecule has 1 aliphatic heterocycles. The van der Waals surface area contributed by atoms with E-state index in [1.165, 1.54) is 60.6 Å². The predicted octanol–water partition coefficient (Wildman–Crippen LogP) is 9.74. The number of benzene rings is 4. The van der Waals surface area contributed by atoms with Crippen molar-refractivity contribution in [3.63, 3.8) is 0 Å². The minimum Gasteiger partial charge on any atom is -0.360 e. The van der Waals surface area contributed by atoms with Crippen LogP contribution < -0.4 is 15.4 Å². The Kier molecular flexibility index (Phi) is 7.02. The van der Waals surface area contributed by atoms with E-state index in [4.69, 9.17) is 0 Å². The molecule has 212 valence electrons. The number of aryl methyl sites for hydroxylation is 1. The highest BCUT2D eigenvalue weighted by molar-refractivity contribution is 6.88. The molecule has 3 nitrogen and oxygen atoms in total. The van der Waals surface area contributed by atoms with Crippen LogP contribution in [0.4, 0.5) is 11.4 Å². The lowest BCUT2D eigenvalue weighted by atomic mass is 9.88. The van der Waals surface area contributed by atoms with E-state index in [0.29, 0.717) is 11.8 Å². The molecule has 0 spiro atoms. The van der Waals surface area contributed by atoms with Gasteiger partial charge in [0.25, 0.3) is 0 Å². The maximum absolute atomic E-state index is 3.91. The molecule has 1 unspecified atom stereocenters. The van der Waals surface area contributed by atoms with E-state index in [1.807, 2.05) is 0 Å². The average Bonchev–Trinajstić information content (AvgIpc) is 3.47. The van der Waals surface area contributed by atoms with Crippen molar-refractivity contribution < 1.29 is 0 Å². The molecule has 0 saturated carbocycles. The molecule has 1 N–H and O–H groups in total. The van der Waals surface area contributed by atoms with Gasteiger partial charge in [-0.2, -0.15) is 0 Å². The van der Waals surface area contributed by atoms with E-state index in [1.54, 1.807) is 0 Å². The van der Waals surface area contributed by atoms with Gasteiger partial charge in [-0.15, -0.1) is 0 Å². The summed E-state index contributed by atoms with van der Waals surface area (Å²) in [5.41, 5.74) is 10.9. The lowest BCUT2D eigenvalue weighted by Gasteiger charge is -2.30. The maximum atomic E-state index is 3.91. The standard InChI is InChI=1S/C37H45N3Si/c1-9-39-34-19-17-26(21-30(34)31-22-27(41(6,7)8)18-20-35(31)39)37-38-33-15-10-11-16-36(33)40(37)23-32-28(24(2)3)13-12-14-29(32)25(4)5/h10-22,24-25,37-38H,9,23H2,1-8H3. The topological polar surface area (TPSA) is 20.2 Å². The van der Waals surface area contributed by atoms with Crippen molar-refractivity contribution in [3.8, 4) is 0 Å². The molecule has 41 heavy (non-hydrogen) atoms. The Bertz CT molecular complexity index is 1710. The van der Waals surface area contributed by atoms with E-state index in [0.717, 1.165) is 13.1 Å². The van der Waals surface area contributed by atoms with Crippen LogP contribution >= 0.6 is 0 Å². The highest BCUT2D eigenvalue weighted by Gasteiger charge is 2.32. The highest BCUT2D eigenvalue weighted by Crippen LogP contribution is 2.44. The maximum Gasteiger partial charge on any atom is 0.126 e. The molecule has 1 aliphatic rings. The second-order valence-electron chi connectivity index (χ2n) is 13.4. The van der Waals surface area contributed by atoms with Crippen molar-refractivity contribution in [1.82, 2.24) is 4.57 Å². The third-order valence-electron chi connectivity index (χ3n) is 9.03. The van der Waals surface area contributed by atoms with Crippen molar-refractivity contribution >= 4 is 46.4 Å². The van der Waals surface area contributed by atoms with Crippen molar-refractivity contribution in [2.45, 2.75) is 85.4 Å². The first kappa shape index (κ1) is 27.7. The molecule has 4 aromatic carbocycles. The third kappa shape index (κ3) is 4.76. The molecule has 0 aliphatic carbocycles. The summed E-state index contributed by atoms with van der Waals surface area (Å²) in [5.74, 6) is 0.954. The Morgan fingerprint density at radius 2 is 1.39 bits per heavy atom. The Labute approximate surface area is 247 Å². The zero-order chi connectivity index (χ0) is 29.1. The molecule has 1 aromatic heterocycles. The van der Waals surface area contributed by atoms with Gasteiger partial charge in [0.05, 0.1) is 19.4 Å². The van der Waals surface area contributed by atoms with E-state index < -0.39 is 8.07 Å². The van der Waals surface area contributed by atoms with Gasteiger partial charge in [-0.25, -0.2) is 0 Å². The lowest BCUT2D eigenvalue weighted by molar-refractivity contribution is 0.690.